The van der Waals surface area contributed by atoms with Crippen LogP contribution in [0.3, 0.4) is 0 Å². The lowest BCUT2D eigenvalue weighted by molar-refractivity contribution is 0.0443. The van der Waals surface area contributed by atoms with Crippen molar-refractivity contribution in [2.24, 2.45) is 11.8 Å². The topological polar surface area (TPSA) is 108 Å². The van der Waals surface area contributed by atoms with Crippen molar-refractivity contribution in [1.82, 2.24) is 4.98 Å². The molecule has 6 nitrogen and oxygen atoms in total. The number of fused-ring (bicyclic) bond motifs is 4. The number of hydrogen-bond acceptors (Lipinski definition) is 6. The second-order valence-corrected chi connectivity index (χ2v) is 10.2. The third-order valence-electron chi connectivity index (χ3n) is 7.68. The van der Waals surface area contributed by atoms with Crippen LogP contribution in [0.4, 0.5) is 11.4 Å². The Bertz CT molecular complexity index is 1330. The van der Waals surface area contributed by atoms with Gasteiger partial charge in [-0.25, -0.2) is 14.6 Å². The van der Waals surface area contributed by atoms with Gasteiger partial charge in [0.05, 0.1) is 22.2 Å². The summed E-state index contributed by atoms with van der Waals surface area (Å²) in [4.78, 5) is 26.2. The number of benzene rings is 3. The van der Waals surface area contributed by atoms with Crippen LogP contribution < -0.4 is 11.5 Å². The highest BCUT2D eigenvalue weighted by Crippen LogP contribution is 2.40. The fourth-order valence-electron chi connectivity index (χ4n) is 5.75. The number of carbonyl (C=O) groups excluding carboxylic acids is 2. The van der Waals surface area contributed by atoms with Crippen molar-refractivity contribution in [3.05, 3.63) is 77.9 Å². The summed E-state index contributed by atoms with van der Waals surface area (Å²) in [6, 6.07) is 20.1. The summed E-state index contributed by atoms with van der Waals surface area (Å²) in [6.07, 6.45) is 12.4. The number of anilines is 2. The Kier molecular flexibility index (Phi) is 7.35. The van der Waals surface area contributed by atoms with Crippen molar-refractivity contribution in [2.75, 3.05) is 11.5 Å². The fraction of sp³-hybridized carbons (Fsp3) is 0.323. The van der Waals surface area contributed by atoms with Gasteiger partial charge in [0.1, 0.15) is 0 Å². The van der Waals surface area contributed by atoms with E-state index in [1.54, 1.807) is 49.9 Å². The monoisotopic (exact) mass is 495 g/mol. The van der Waals surface area contributed by atoms with E-state index in [9.17, 15) is 9.59 Å². The number of carbonyl (C=O) groups is 2. The van der Waals surface area contributed by atoms with E-state index in [1.807, 2.05) is 36.4 Å². The third kappa shape index (κ3) is 5.74. The van der Waals surface area contributed by atoms with E-state index in [0.29, 0.717) is 11.1 Å². The summed E-state index contributed by atoms with van der Waals surface area (Å²) in [5, 5.41) is 2.18. The van der Waals surface area contributed by atoms with Crippen molar-refractivity contribution < 1.29 is 14.3 Å². The van der Waals surface area contributed by atoms with E-state index in [2.05, 4.69) is 15.8 Å². The van der Waals surface area contributed by atoms with Gasteiger partial charge in [0, 0.05) is 22.1 Å². The predicted molar refractivity (Wildman–Crippen MR) is 148 cm³/mol. The summed E-state index contributed by atoms with van der Waals surface area (Å²) in [7, 11) is 0. The van der Waals surface area contributed by atoms with Crippen LogP contribution in [0.5, 0.6) is 0 Å². The maximum absolute atomic E-state index is 10.8. The molecule has 0 amide bonds. The van der Waals surface area contributed by atoms with Gasteiger partial charge in [-0.3, -0.25) is 0 Å². The van der Waals surface area contributed by atoms with Crippen molar-refractivity contribution in [3.63, 3.8) is 0 Å². The SMILES string of the molecule is C1CCC2CCCCC2C1.Nc1ccc2cc3ccc(N)cc3nc2c1.O=C1OC(=O)c2ccccc21. The van der Waals surface area contributed by atoms with Gasteiger partial charge in [-0.15, -0.1) is 0 Å². The molecule has 1 aliphatic heterocycles. The van der Waals surface area contributed by atoms with Gasteiger partial charge >= 0.3 is 11.9 Å². The van der Waals surface area contributed by atoms with E-state index in [1.165, 1.54) is 25.7 Å². The number of esters is 2. The molecule has 2 fully saturated rings. The second-order valence-electron chi connectivity index (χ2n) is 10.2. The van der Waals surface area contributed by atoms with E-state index in [4.69, 9.17) is 11.5 Å². The number of nitrogens with zero attached hydrogens (tertiary/aromatic N) is 1. The highest BCUT2D eigenvalue weighted by Gasteiger charge is 2.28. The van der Waals surface area contributed by atoms with Gasteiger partial charge in [0.15, 0.2) is 0 Å². The molecule has 2 heterocycles. The molecule has 1 aromatic heterocycles. The van der Waals surface area contributed by atoms with Crippen LogP contribution >= 0.6 is 0 Å². The number of nitrogen functional groups attached to an aromatic ring is 2. The molecule has 4 aromatic rings. The molecule has 0 radical (unpaired) electrons. The van der Waals surface area contributed by atoms with Crippen LogP contribution in [0.2, 0.25) is 0 Å². The summed E-state index contributed by atoms with van der Waals surface area (Å²) in [6.45, 7) is 0. The highest BCUT2D eigenvalue weighted by atomic mass is 16.6. The molecule has 0 spiro atoms. The van der Waals surface area contributed by atoms with Crippen LogP contribution in [0.15, 0.2) is 66.7 Å². The first kappa shape index (κ1) is 24.8. The zero-order valence-corrected chi connectivity index (χ0v) is 21.0. The Labute approximate surface area is 217 Å². The molecule has 0 atom stereocenters. The zero-order valence-electron chi connectivity index (χ0n) is 21.0. The van der Waals surface area contributed by atoms with Crippen molar-refractivity contribution in [3.8, 4) is 0 Å². The van der Waals surface area contributed by atoms with Crippen molar-refractivity contribution in [1.29, 1.82) is 0 Å². The minimum Gasteiger partial charge on any atom is -0.399 e. The van der Waals surface area contributed by atoms with Crippen molar-refractivity contribution >= 4 is 45.1 Å². The summed E-state index contributed by atoms with van der Waals surface area (Å²) in [5.41, 5.74) is 15.4. The third-order valence-corrected chi connectivity index (χ3v) is 7.68. The standard InChI is InChI=1S/C13H11N3.C10H18.C8H4O3/c14-10-3-1-8-5-9-2-4-11(15)7-13(9)16-12(8)6-10;1-2-6-10-8-4-3-7-9(10)5-1;9-7-5-3-1-2-4-6(5)8(10)11-7/h1-7H,14-15H2;9-10H,1-8H2;1-4H. The van der Waals surface area contributed by atoms with Crippen LogP contribution in [0.1, 0.15) is 72.1 Å². The molecule has 3 aromatic carbocycles. The molecule has 6 heteroatoms. The average molecular weight is 496 g/mol. The smallest absolute Gasteiger partial charge is 0.346 e. The molecule has 0 saturated heterocycles. The number of hydrogen-bond donors (Lipinski definition) is 2. The molecule has 0 bridgehead atoms. The number of pyridine rings is 1. The Balaban J connectivity index is 0.000000118. The average Bonchev–Trinajstić information content (AvgIpc) is 3.21. The molecule has 4 N–H and O–H groups in total. The first-order valence-corrected chi connectivity index (χ1v) is 13.2. The van der Waals surface area contributed by atoms with E-state index in [-0.39, 0.29) is 0 Å². The van der Waals surface area contributed by atoms with Crippen molar-refractivity contribution in [2.45, 2.75) is 51.4 Å². The minimum atomic E-state index is -0.550. The quantitative estimate of drug-likeness (QED) is 0.119. The second kappa shape index (κ2) is 11.0. The molecule has 0 unspecified atom stereocenters. The van der Waals surface area contributed by atoms with Crippen LogP contribution in [-0.4, -0.2) is 16.9 Å². The van der Waals surface area contributed by atoms with Crippen LogP contribution in [0.25, 0.3) is 21.8 Å². The van der Waals surface area contributed by atoms with Crippen LogP contribution in [-0.2, 0) is 4.74 Å². The maximum atomic E-state index is 10.8. The lowest BCUT2D eigenvalue weighted by Crippen LogP contribution is -2.22. The van der Waals surface area contributed by atoms with Crippen LogP contribution in [0, 0.1) is 11.8 Å². The van der Waals surface area contributed by atoms with Gasteiger partial charge in [-0.05, 0) is 54.3 Å². The number of nitrogens with two attached hydrogens (primary N) is 2. The molecule has 190 valence electrons. The van der Waals surface area contributed by atoms with Gasteiger partial charge in [-0.2, -0.15) is 0 Å². The van der Waals surface area contributed by atoms with E-state index in [0.717, 1.165) is 45.0 Å². The number of rotatable bonds is 0. The normalized spacial score (nSPS) is 20.1. The molecule has 7 rings (SSSR count). The van der Waals surface area contributed by atoms with E-state index >= 15 is 0 Å². The van der Waals surface area contributed by atoms with Gasteiger partial charge in [0.2, 0.25) is 0 Å². The lowest BCUT2D eigenvalue weighted by atomic mass is 9.71. The minimum absolute atomic E-state index is 0.359. The molecule has 2 aliphatic carbocycles. The van der Waals surface area contributed by atoms with E-state index < -0.39 is 11.9 Å². The maximum Gasteiger partial charge on any atom is 0.346 e. The predicted octanol–water partition coefficient (Wildman–Crippen LogP) is 6.92. The highest BCUT2D eigenvalue weighted by molar-refractivity contribution is 6.14. The van der Waals surface area contributed by atoms with Gasteiger partial charge in [0.25, 0.3) is 0 Å². The Morgan fingerprint density at radius 2 is 1.05 bits per heavy atom. The zero-order chi connectivity index (χ0) is 25.8. The molecule has 3 aliphatic rings. The number of aromatic nitrogens is 1. The largest absolute Gasteiger partial charge is 0.399 e. The molecular formula is C31H33N3O3. The first-order valence-electron chi connectivity index (χ1n) is 13.2. The Hall–Kier alpha value is -3.93. The lowest BCUT2D eigenvalue weighted by Gasteiger charge is -2.35. The summed E-state index contributed by atoms with van der Waals surface area (Å²) in [5.74, 6) is 1.21. The van der Waals surface area contributed by atoms with Gasteiger partial charge in [-0.1, -0.05) is 75.6 Å². The fourth-order valence-corrected chi connectivity index (χ4v) is 5.75. The number of ether oxygens (including phenoxy) is 1. The first-order chi connectivity index (χ1) is 18.0. The summed E-state index contributed by atoms with van der Waals surface area (Å²) >= 11 is 0. The Morgan fingerprint density at radius 3 is 1.49 bits per heavy atom. The molecule has 37 heavy (non-hydrogen) atoms. The number of cyclic esters (lactones) is 2. The molecule has 2 saturated carbocycles. The Morgan fingerprint density at radius 1 is 0.622 bits per heavy atom. The summed E-state index contributed by atoms with van der Waals surface area (Å²) < 4.78 is 4.35. The molecular weight excluding hydrogens is 462 g/mol. The van der Waals surface area contributed by atoms with Gasteiger partial charge < -0.3 is 16.2 Å².